The Morgan fingerprint density at radius 1 is 1.03 bits per heavy atom. The van der Waals surface area contributed by atoms with Gasteiger partial charge in [0.25, 0.3) is 5.56 Å². The van der Waals surface area contributed by atoms with E-state index >= 15 is 0 Å². The van der Waals surface area contributed by atoms with Crippen LogP contribution in [0.5, 0.6) is 0 Å². The largest absolute Gasteiger partial charge is 0.354 e. The minimum atomic E-state index is 0.0369. The van der Waals surface area contributed by atoms with E-state index in [2.05, 4.69) is 36.1 Å². The average molecular weight is 414 g/mol. The van der Waals surface area contributed by atoms with Crippen LogP contribution in [-0.4, -0.2) is 47.4 Å². The molecule has 9 heteroatoms. The van der Waals surface area contributed by atoms with E-state index in [1.165, 1.54) is 0 Å². The van der Waals surface area contributed by atoms with E-state index in [1.807, 2.05) is 40.6 Å². The molecule has 4 aromatic heterocycles. The van der Waals surface area contributed by atoms with Crippen molar-refractivity contribution in [2.75, 3.05) is 18.0 Å². The minimum absolute atomic E-state index is 0.0369. The second kappa shape index (κ2) is 6.90. The topological polar surface area (TPSA) is 97.5 Å². The van der Waals surface area contributed by atoms with E-state index < -0.39 is 0 Å². The minimum Gasteiger partial charge on any atom is -0.354 e. The lowest BCUT2D eigenvalue weighted by atomic mass is 9.83. The van der Waals surface area contributed by atoms with Crippen LogP contribution in [0.2, 0.25) is 0 Å². The van der Waals surface area contributed by atoms with Gasteiger partial charge < -0.3 is 19.0 Å². The van der Waals surface area contributed by atoms with Gasteiger partial charge >= 0.3 is 0 Å². The van der Waals surface area contributed by atoms with Crippen LogP contribution in [0.1, 0.15) is 18.0 Å². The molecule has 0 saturated carbocycles. The molecule has 2 atom stereocenters. The fraction of sp³-hybridized carbons (Fsp3) is 0.318. The number of nitrogens with one attached hydrogen (secondary N) is 1. The first kappa shape index (κ1) is 18.1. The lowest BCUT2D eigenvalue weighted by Gasteiger charge is -2.43. The predicted octanol–water partition coefficient (Wildman–Crippen LogP) is 2.05. The highest BCUT2D eigenvalue weighted by Gasteiger charge is 2.35. The summed E-state index contributed by atoms with van der Waals surface area (Å²) < 4.78 is 3.88. The molecule has 0 aromatic carbocycles. The molecule has 0 unspecified atom stereocenters. The number of aromatic nitrogens is 7. The summed E-state index contributed by atoms with van der Waals surface area (Å²) in [6, 6.07) is 7.97. The summed E-state index contributed by atoms with van der Waals surface area (Å²) in [6.07, 6.45) is 8.16. The van der Waals surface area contributed by atoms with Gasteiger partial charge in [0.05, 0.1) is 5.56 Å². The summed E-state index contributed by atoms with van der Waals surface area (Å²) >= 11 is 0. The van der Waals surface area contributed by atoms with Crippen molar-refractivity contribution in [3.63, 3.8) is 0 Å². The zero-order valence-corrected chi connectivity index (χ0v) is 17.1. The van der Waals surface area contributed by atoms with Crippen LogP contribution in [0.4, 0.5) is 5.82 Å². The lowest BCUT2D eigenvalue weighted by Crippen LogP contribution is -2.47. The fourth-order valence-electron chi connectivity index (χ4n) is 4.95. The number of nitrogens with zero attached hydrogens (tertiary/aromatic N) is 7. The Labute approximate surface area is 178 Å². The summed E-state index contributed by atoms with van der Waals surface area (Å²) in [5, 5.41) is 8.90. The molecule has 6 rings (SSSR count). The quantitative estimate of drug-likeness (QED) is 0.551. The normalized spacial score (nSPS) is 20.0. The molecule has 0 spiro atoms. The van der Waals surface area contributed by atoms with Gasteiger partial charge in [0.15, 0.2) is 11.6 Å². The number of pyridine rings is 1. The van der Waals surface area contributed by atoms with Gasteiger partial charge in [0.1, 0.15) is 11.5 Å². The maximum Gasteiger partial charge on any atom is 0.261 e. The number of imidazole rings is 2. The highest BCUT2D eigenvalue weighted by Crippen LogP contribution is 2.37. The molecule has 0 amide bonds. The van der Waals surface area contributed by atoms with E-state index in [4.69, 9.17) is 0 Å². The maximum absolute atomic E-state index is 13.1. The average Bonchev–Trinajstić information content (AvgIpc) is 3.46. The first-order valence-electron chi connectivity index (χ1n) is 10.5. The highest BCUT2D eigenvalue weighted by atomic mass is 16.1. The van der Waals surface area contributed by atoms with Crippen molar-refractivity contribution in [1.82, 2.24) is 34.3 Å². The Kier molecular flexibility index (Phi) is 4.02. The molecule has 156 valence electrons. The third-order valence-electron chi connectivity index (χ3n) is 6.38. The van der Waals surface area contributed by atoms with Crippen LogP contribution in [0.3, 0.4) is 0 Å². The van der Waals surface area contributed by atoms with Gasteiger partial charge in [-0.2, -0.15) is 0 Å². The second-order valence-corrected chi connectivity index (χ2v) is 8.37. The molecule has 1 fully saturated rings. The van der Waals surface area contributed by atoms with E-state index in [-0.39, 0.29) is 5.56 Å². The molecule has 0 radical (unpaired) electrons. The molecule has 1 N–H and O–H groups in total. The maximum atomic E-state index is 13.1. The smallest absolute Gasteiger partial charge is 0.261 e. The molecule has 6 heterocycles. The SMILES string of the molecule is Cn1ccnc1-c1ccc(N2C[C@@H]3C[C@H](C2)c2ccc(-c4ncc[nH]4)c(=O)n2C3)nn1. The molecule has 1 saturated heterocycles. The molecular formula is C22H22N8O. The number of anilines is 1. The van der Waals surface area contributed by atoms with E-state index in [1.54, 1.807) is 18.6 Å². The van der Waals surface area contributed by atoms with Gasteiger partial charge in [-0.3, -0.25) is 4.79 Å². The van der Waals surface area contributed by atoms with Crippen LogP contribution in [0, 0.1) is 5.92 Å². The standard InChI is InChI=1S/C22H22N8O/c1-28-9-8-25-21(28)17-3-5-19(27-26-17)29-11-14-10-15(13-29)18-4-2-16(20-23-6-7-24-20)22(31)30(18)12-14/h2-9,14-15H,10-13H2,1H3,(H,23,24)/t14-,15+/m0/s1. The highest BCUT2D eigenvalue weighted by molar-refractivity contribution is 5.54. The van der Waals surface area contributed by atoms with Crippen molar-refractivity contribution in [3.8, 4) is 22.9 Å². The molecular weight excluding hydrogens is 392 g/mol. The lowest BCUT2D eigenvalue weighted by molar-refractivity contribution is 0.280. The summed E-state index contributed by atoms with van der Waals surface area (Å²) in [6.45, 7) is 2.41. The number of aromatic amines is 1. The molecule has 4 aromatic rings. The van der Waals surface area contributed by atoms with Crippen LogP contribution < -0.4 is 10.5 Å². The molecule has 2 aliphatic rings. The van der Waals surface area contributed by atoms with Gasteiger partial charge in [-0.05, 0) is 36.6 Å². The predicted molar refractivity (Wildman–Crippen MR) is 116 cm³/mol. The van der Waals surface area contributed by atoms with E-state index in [0.29, 0.717) is 29.8 Å². The number of rotatable bonds is 3. The molecule has 31 heavy (non-hydrogen) atoms. The second-order valence-electron chi connectivity index (χ2n) is 8.37. The Bertz CT molecular complexity index is 1290. The van der Waals surface area contributed by atoms with E-state index in [0.717, 1.165) is 42.5 Å². The van der Waals surface area contributed by atoms with Crippen molar-refractivity contribution in [3.05, 3.63) is 65.1 Å². The van der Waals surface area contributed by atoms with Crippen molar-refractivity contribution in [1.29, 1.82) is 0 Å². The molecule has 9 nitrogen and oxygen atoms in total. The van der Waals surface area contributed by atoms with Gasteiger partial charge in [-0.25, -0.2) is 9.97 Å². The van der Waals surface area contributed by atoms with Crippen molar-refractivity contribution >= 4 is 5.82 Å². The van der Waals surface area contributed by atoms with Crippen LogP contribution in [0.25, 0.3) is 22.9 Å². The first-order chi connectivity index (χ1) is 15.2. The zero-order valence-electron chi connectivity index (χ0n) is 17.1. The molecule has 2 aliphatic heterocycles. The van der Waals surface area contributed by atoms with Crippen molar-refractivity contribution in [2.45, 2.75) is 18.9 Å². The van der Waals surface area contributed by atoms with Crippen LogP contribution in [-0.2, 0) is 13.6 Å². The number of fused-ring (bicyclic) bond motifs is 4. The Hall–Kier alpha value is -3.75. The summed E-state index contributed by atoms with van der Waals surface area (Å²) in [7, 11) is 1.94. The number of hydrogen-bond donors (Lipinski definition) is 1. The summed E-state index contributed by atoms with van der Waals surface area (Å²) in [5.41, 5.74) is 2.52. The van der Waals surface area contributed by atoms with Crippen molar-refractivity contribution < 1.29 is 0 Å². The fourth-order valence-corrected chi connectivity index (χ4v) is 4.95. The monoisotopic (exact) mass is 414 g/mol. The number of H-pyrrole nitrogens is 1. The number of piperidine rings is 1. The van der Waals surface area contributed by atoms with Crippen LogP contribution >= 0.6 is 0 Å². The third kappa shape index (κ3) is 2.96. The molecule has 2 bridgehead atoms. The zero-order chi connectivity index (χ0) is 20.9. The summed E-state index contributed by atoms with van der Waals surface area (Å²) in [4.78, 5) is 27.1. The van der Waals surface area contributed by atoms with Crippen LogP contribution in [0.15, 0.2) is 53.8 Å². The van der Waals surface area contributed by atoms with Gasteiger partial charge in [-0.1, -0.05) is 0 Å². The van der Waals surface area contributed by atoms with Gasteiger partial charge in [0, 0.05) is 63.1 Å². The summed E-state index contributed by atoms with van der Waals surface area (Å²) in [5.74, 6) is 2.99. The number of aryl methyl sites for hydroxylation is 1. The Morgan fingerprint density at radius 3 is 2.71 bits per heavy atom. The Balaban J connectivity index is 1.29. The number of hydrogen-bond acceptors (Lipinski definition) is 6. The van der Waals surface area contributed by atoms with Gasteiger partial charge in [0.2, 0.25) is 0 Å². The third-order valence-corrected chi connectivity index (χ3v) is 6.38. The molecule has 0 aliphatic carbocycles. The van der Waals surface area contributed by atoms with Crippen molar-refractivity contribution in [2.24, 2.45) is 13.0 Å². The van der Waals surface area contributed by atoms with Gasteiger partial charge in [-0.15, -0.1) is 10.2 Å². The first-order valence-corrected chi connectivity index (χ1v) is 10.5. The van der Waals surface area contributed by atoms with E-state index in [9.17, 15) is 4.79 Å². The Morgan fingerprint density at radius 2 is 1.97 bits per heavy atom.